The predicted molar refractivity (Wildman–Crippen MR) is 94.5 cm³/mol. The minimum absolute atomic E-state index is 0.0925. The van der Waals surface area contributed by atoms with Crippen LogP contribution >= 0.6 is 0 Å². The summed E-state index contributed by atoms with van der Waals surface area (Å²) in [6.45, 7) is 3.17. The molecule has 1 aliphatic rings. The maximum Gasteiger partial charge on any atom is 0.326 e. The molecule has 1 fully saturated rings. The fourth-order valence-corrected chi connectivity index (χ4v) is 3.41. The van der Waals surface area contributed by atoms with Crippen LogP contribution in [0.2, 0.25) is 0 Å². The van der Waals surface area contributed by atoms with Crippen LogP contribution in [0.5, 0.6) is 0 Å². The van der Waals surface area contributed by atoms with Crippen LogP contribution in [0, 0.1) is 0 Å². The number of hydrogen-bond acceptors (Lipinski definition) is 4. The van der Waals surface area contributed by atoms with E-state index in [9.17, 15) is 14.4 Å². The molecule has 1 saturated heterocycles. The van der Waals surface area contributed by atoms with Crippen molar-refractivity contribution in [3.8, 4) is 0 Å². The number of aromatic nitrogens is 2. The van der Waals surface area contributed by atoms with Crippen LogP contribution in [-0.2, 0) is 4.79 Å². The maximum absolute atomic E-state index is 12.3. The number of benzene rings is 1. The Bertz CT molecular complexity index is 832. The van der Waals surface area contributed by atoms with Crippen LogP contribution in [-0.4, -0.2) is 52.6 Å². The number of piperidine rings is 1. The van der Waals surface area contributed by atoms with E-state index in [2.05, 4.69) is 15.6 Å². The van der Waals surface area contributed by atoms with Crippen molar-refractivity contribution in [2.75, 3.05) is 20.1 Å². The number of imidazole rings is 1. The van der Waals surface area contributed by atoms with Gasteiger partial charge in [-0.2, -0.15) is 0 Å². The first-order valence-electron chi connectivity index (χ1n) is 8.47. The molecule has 1 aromatic carbocycles. The van der Waals surface area contributed by atoms with Gasteiger partial charge in [-0.05, 0) is 31.9 Å². The molecule has 2 aromatic rings. The number of nitrogens with one attached hydrogen (secondary N) is 3. The molecule has 1 atom stereocenters. The first-order valence-corrected chi connectivity index (χ1v) is 8.47. The molecule has 8 nitrogen and oxygen atoms in total. The van der Waals surface area contributed by atoms with Gasteiger partial charge in [0.2, 0.25) is 5.91 Å². The molecule has 3 amide bonds. The van der Waals surface area contributed by atoms with Crippen molar-refractivity contribution >= 4 is 23.0 Å². The Kier molecular flexibility index (Phi) is 4.89. The van der Waals surface area contributed by atoms with Gasteiger partial charge in [-0.1, -0.05) is 12.1 Å². The number of urea groups is 1. The highest BCUT2D eigenvalue weighted by Gasteiger charge is 2.29. The number of para-hydroxylation sites is 2. The van der Waals surface area contributed by atoms with Crippen molar-refractivity contribution in [2.45, 2.75) is 31.8 Å². The fraction of sp³-hybridized carbons (Fsp3) is 0.471. The van der Waals surface area contributed by atoms with Gasteiger partial charge in [-0.15, -0.1) is 0 Å². The second kappa shape index (κ2) is 7.10. The Hall–Kier alpha value is -2.61. The highest BCUT2D eigenvalue weighted by Crippen LogP contribution is 2.25. The molecule has 8 heteroatoms. The topological polar surface area (TPSA) is 99.2 Å². The second-order valence-corrected chi connectivity index (χ2v) is 6.33. The Morgan fingerprint density at radius 3 is 2.60 bits per heavy atom. The number of imide groups is 1. The van der Waals surface area contributed by atoms with E-state index >= 15 is 0 Å². The smallest absolute Gasteiger partial charge is 0.326 e. The number of fused-ring (bicyclic) bond motifs is 1. The third-order valence-corrected chi connectivity index (χ3v) is 4.88. The fourth-order valence-electron chi connectivity index (χ4n) is 3.41. The third-order valence-electron chi connectivity index (χ3n) is 4.88. The molecule has 2 heterocycles. The molecular weight excluding hydrogens is 322 g/mol. The average Bonchev–Trinajstić information content (AvgIpc) is 2.96. The number of nitrogens with zero attached hydrogens (tertiary/aromatic N) is 2. The van der Waals surface area contributed by atoms with Crippen molar-refractivity contribution in [3.63, 3.8) is 0 Å². The number of carbonyl (C=O) groups excluding carboxylic acids is 2. The minimum Gasteiger partial charge on any atom is -0.341 e. The molecular formula is C17H23N5O3. The van der Waals surface area contributed by atoms with Crippen molar-refractivity contribution < 1.29 is 9.59 Å². The highest BCUT2D eigenvalue weighted by atomic mass is 16.2. The lowest BCUT2D eigenvalue weighted by atomic mass is 10.0. The van der Waals surface area contributed by atoms with Gasteiger partial charge in [-0.25, -0.2) is 9.59 Å². The number of carbonyl (C=O) groups is 2. The van der Waals surface area contributed by atoms with Crippen LogP contribution in [0.1, 0.15) is 25.8 Å². The van der Waals surface area contributed by atoms with Gasteiger partial charge in [0, 0.05) is 26.2 Å². The van der Waals surface area contributed by atoms with E-state index in [1.807, 2.05) is 33.7 Å². The van der Waals surface area contributed by atoms with Gasteiger partial charge in [0.25, 0.3) is 0 Å². The molecule has 1 aromatic heterocycles. The summed E-state index contributed by atoms with van der Waals surface area (Å²) in [6.07, 6.45) is 1.55. The molecule has 3 N–H and O–H groups in total. The summed E-state index contributed by atoms with van der Waals surface area (Å²) < 4.78 is 1.82. The minimum atomic E-state index is -0.503. The highest BCUT2D eigenvalue weighted by molar-refractivity contribution is 5.96. The van der Waals surface area contributed by atoms with Crippen LogP contribution in [0.4, 0.5) is 4.79 Å². The normalized spacial score (nSPS) is 17.4. The number of aromatic amines is 1. The summed E-state index contributed by atoms with van der Waals surface area (Å²) >= 11 is 0. The van der Waals surface area contributed by atoms with E-state index < -0.39 is 12.1 Å². The Labute approximate surface area is 145 Å². The zero-order valence-corrected chi connectivity index (χ0v) is 14.4. The molecule has 25 heavy (non-hydrogen) atoms. The lowest BCUT2D eigenvalue weighted by molar-refractivity contribution is -0.125. The molecule has 134 valence electrons. The molecule has 0 saturated carbocycles. The van der Waals surface area contributed by atoms with Gasteiger partial charge in [0.1, 0.15) is 0 Å². The number of H-pyrrole nitrogens is 1. The predicted octanol–water partition coefficient (Wildman–Crippen LogP) is 0.811. The third kappa shape index (κ3) is 3.43. The van der Waals surface area contributed by atoms with E-state index in [1.54, 1.807) is 6.92 Å². The summed E-state index contributed by atoms with van der Waals surface area (Å²) in [5.74, 6) is -0.318. The second-order valence-electron chi connectivity index (χ2n) is 6.33. The summed E-state index contributed by atoms with van der Waals surface area (Å²) in [5, 5.41) is 4.68. The Morgan fingerprint density at radius 1 is 1.24 bits per heavy atom. The van der Waals surface area contributed by atoms with E-state index in [0.29, 0.717) is 13.1 Å². The monoisotopic (exact) mass is 345 g/mol. The van der Waals surface area contributed by atoms with Crippen molar-refractivity contribution in [2.24, 2.45) is 0 Å². The first-order chi connectivity index (χ1) is 12.0. The van der Waals surface area contributed by atoms with Gasteiger partial charge in [0.05, 0.1) is 17.1 Å². The van der Waals surface area contributed by atoms with Crippen LogP contribution < -0.4 is 16.3 Å². The van der Waals surface area contributed by atoms with E-state index in [0.717, 1.165) is 23.9 Å². The first kappa shape index (κ1) is 17.2. The van der Waals surface area contributed by atoms with Crippen molar-refractivity contribution in [1.82, 2.24) is 25.1 Å². The zero-order chi connectivity index (χ0) is 18.0. The van der Waals surface area contributed by atoms with Gasteiger partial charge < -0.3 is 10.3 Å². The number of amides is 3. The van der Waals surface area contributed by atoms with Gasteiger partial charge in [-0.3, -0.25) is 19.6 Å². The number of likely N-dealkylation sites (tertiary alicyclic amines) is 1. The molecule has 1 unspecified atom stereocenters. The largest absolute Gasteiger partial charge is 0.341 e. The summed E-state index contributed by atoms with van der Waals surface area (Å²) in [4.78, 5) is 40.6. The van der Waals surface area contributed by atoms with E-state index in [1.165, 1.54) is 7.05 Å². The molecule has 3 rings (SSSR count). The average molecular weight is 345 g/mol. The Morgan fingerprint density at radius 2 is 1.92 bits per heavy atom. The van der Waals surface area contributed by atoms with Crippen LogP contribution in [0.25, 0.3) is 11.0 Å². The SMILES string of the molecule is CNC(=O)NC(=O)C(C)N1CCC(n2c(=O)[nH]c3ccccc32)CC1. The Balaban J connectivity index is 1.67. The molecule has 1 aliphatic heterocycles. The van der Waals surface area contributed by atoms with Crippen LogP contribution in [0.15, 0.2) is 29.1 Å². The lowest BCUT2D eigenvalue weighted by Gasteiger charge is -2.35. The molecule has 0 bridgehead atoms. The maximum atomic E-state index is 12.3. The standard InChI is InChI=1S/C17H23N5O3/c1-11(15(23)20-16(24)18-2)21-9-7-12(8-10-21)22-14-6-4-3-5-13(14)19-17(22)25/h3-6,11-12H,7-10H2,1-2H3,(H,19,25)(H2,18,20,23,24). The van der Waals surface area contributed by atoms with E-state index in [4.69, 9.17) is 0 Å². The quantitative estimate of drug-likeness (QED) is 0.766. The molecule has 0 aliphatic carbocycles. The lowest BCUT2D eigenvalue weighted by Crippen LogP contribution is -2.51. The van der Waals surface area contributed by atoms with Crippen molar-refractivity contribution in [1.29, 1.82) is 0 Å². The number of hydrogen-bond donors (Lipinski definition) is 3. The van der Waals surface area contributed by atoms with Crippen molar-refractivity contribution in [3.05, 3.63) is 34.7 Å². The van der Waals surface area contributed by atoms with E-state index in [-0.39, 0.29) is 17.6 Å². The molecule has 0 spiro atoms. The summed E-state index contributed by atoms with van der Waals surface area (Å²) in [6, 6.07) is 6.88. The van der Waals surface area contributed by atoms with Crippen LogP contribution in [0.3, 0.4) is 0 Å². The summed E-state index contributed by atoms with van der Waals surface area (Å²) in [7, 11) is 1.47. The zero-order valence-electron chi connectivity index (χ0n) is 14.4. The van der Waals surface area contributed by atoms with Gasteiger partial charge >= 0.3 is 11.7 Å². The number of rotatable bonds is 3. The van der Waals surface area contributed by atoms with Gasteiger partial charge in [0.15, 0.2) is 0 Å². The summed E-state index contributed by atoms with van der Waals surface area (Å²) in [5.41, 5.74) is 1.66. The molecule has 0 radical (unpaired) electrons.